The minimum atomic E-state index is -0.626. The summed E-state index contributed by atoms with van der Waals surface area (Å²) < 4.78 is 5.76. The predicted octanol–water partition coefficient (Wildman–Crippen LogP) is 2.30. The Bertz CT molecular complexity index is 558. The number of anilines is 2. The lowest BCUT2D eigenvalue weighted by molar-refractivity contribution is -0.116. The highest BCUT2D eigenvalue weighted by Crippen LogP contribution is 2.38. The molecule has 1 fully saturated rings. The van der Waals surface area contributed by atoms with Gasteiger partial charge < -0.3 is 20.7 Å². The fourth-order valence-corrected chi connectivity index (χ4v) is 3.26. The standard InChI is InChI=1S/C15H20ClN3O2/c1-19(8-9-4-2-3-5-21-9)13-7-12-10(6-11(13)16)14(17)15(20)18-12/h6-7,9,14H,2-5,8,17H2,1H3,(H,18,20). The predicted molar refractivity (Wildman–Crippen MR) is 83.9 cm³/mol. The van der Waals surface area contributed by atoms with Crippen LogP contribution < -0.4 is 16.0 Å². The molecule has 0 radical (unpaired) electrons. The number of hydrogen-bond acceptors (Lipinski definition) is 4. The Morgan fingerprint density at radius 2 is 2.29 bits per heavy atom. The number of ether oxygens (including phenoxy) is 1. The number of nitrogens with zero attached hydrogens (tertiary/aromatic N) is 1. The number of likely N-dealkylation sites (N-methyl/N-ethyl adjacent to an activating group) is 1. The molecule has 5 nitrogen and oxygen atoms in total. The van der Waals surface area contributed by atoms with Gasteiger partial charge in [0, 0.05) is 31.5 Å². The lowest BCUT2D eigenvalue weighted by Crippen LogP contribution is -2.33. The average Bonchev–Trinajstić information content (AvgIpc) is 2.74. The van der Waals surface area contributed by atoms with Crippen LogP contribution in [0.15, 0.2) is 12.1 Å². The summed E-state index contributed by atoms with van der Waals surface area (Å²) in [6, 6.07) is 3.05. The van der Waals surface area contributed by atoms with Crippen molar-refractivity contribution in [3.63, 3.8) is 0 Å². The van der Waals surface area contributed by atoms with Crippen LogP contribution in [0.25, 0.3) is 0 Å². The van der Waals surface area contributed by atoms with E-state index in [1.54, 1.807) is 6.07 Å². The van der Waals surface area contributed by atoms with E-state index in [0.717, 1.165) is 42.9 Å². The molecule has 0 saturated carbocycles. The Kier molecular flexibility index (Phi) is 4.06. The van der Waals surface area contributed by atoms with Crippen LogP contribution in [0.1, 0.15) is 30.9 Å². The second-order valence-electron chi connectivity index (χ2n) is 5.73. The number of carbonyl (C=O) groups excluding carboxylic acids is 1. The van der Waals surface area contributed by atoms with E-state index in [9.17, 15) is 4.79 Å². The zero-order valence-electron chi connectivity index (χ0n) is 12.1. The summed E-state index contributed by atoms with van der Waals surface area (Å²) in [6.45, 7) is 1.62. The van der Waals surface area contributed by atoms with Crippen molar-refractivity contribution in [3.05, 3.63) is 22.7 Å². The van der Waals surface area contributed by atoms with Crippen molar-refractivity contribution in [2.24, 2.45) is 5.73 Å². The lowest BCUT2D eigenvalue weighted by atomic mass is 10.1. The Morgan fingerprint density at radius 1 is 1.48 bits per heavy atom. The molecule has 0 aliphatic carbocycles. The van der Waals surface area contributed by atoms with Gasteiger partial charge in [-0.25, -0.2) is 0 Å². The van der Waals surface area contributed by atoms with E-state index in [2.05, 4.69) is 10.2 Å². The summed E-state index contributed by atoms with van der Waals surface area (Å²) in [4.78, 5) is 13.7. The fraction of sp³-hybridized carbons (Fsp3) is 0.533. The van der Waals surface area contributed by atoms with Crippen LogP contribution in [0.3, 0.4) is 0 Å². The zero-order chi connectivity index (χ0) is 15.0. The summed E-state index contributed by atoms with van der Waals surface area (Å²) >= 11 is 6.36. The third-order valence-corrected chi connectivity index (χ3v) is 4.46. The van der Waals surface area contributed by atoms with Crippen LogP contribution in [0.5, 0.6) is 0 Å². The minimum absolute atomic E-state index is 0.184. The summed E-state index contributed by atoms with van der Waals surface area (Å²) in [7, 11) is 1.99. The van der Waals surface area contributed by atoms with Crippen LogP contribution in [0, 0.1) is 0 Å². The van der Waals surface area contributed by atoms with Crippen LogP contribution >= 0.6 is 11.6 Å². The molecule has 2 atom stereocenters. The maximum atomic E-state index is 11.6. The average molecular weight is 310 g/mol. The van der Waals surface area contributed by atoms with Gasteiger partial charge in [0.05, 0.1) is 16.8 Å². The Morgan fingerprint density at radius 3 is 3.00 bits per heavy atom. The molecule has 3 rings (SSSR count). The summed E-state index contributed by atoms with van der Waals surface area (Å²) in [6.07, 6.45) is 3.67. The van der Waals surface area contributed by atoms with Crippen LogP contribution in [0.2, 0.25) is 5.02 Å². The van der Waals surface area contributed by atoms with Crippen LogP contribution in [-0.2, 0) is 9.53 Å². The van der Waals surface area contributed by atoms with Crippen molar-refractivity contribution in [1.82, 2.24) is 0 Å². The highest BCUT2D eigenvalue weighted by molar-refractivity contribution is 6.33. The summed E-state index contributed by atoms with van der Waals surface area (Å²) in [5, 5.41) is 3.40. The van der Waals surface area contributed by atoms with Crippen molar-refractivity contribution in [1.29, 1.82) is 0 Å². The normalized spacial score (nSPS) is 24.6. The molecule has 3 N–H and O–H groups in total. The first-order valence-corrected chi connectivity index (χ1v) is 7.66. The molecule has 2 aliphatic rings. The number of fused-ring (bicyclic) bond motifs is 1. The van der Waals surface area contributed by atoms with E-state index in [1.807, 2.05) is 13.1 Å². The van der Waals surface area contributed by atoms with Gasteiger partial charge in [-0.2, -0.15) is 0 Å². The number of nitrogens with one attached hydrogen (secondary N) is 1. The number of nitrogens with two attached hydrogens (primary N) is 1. The first-order chi connectivity index (χ1) is 10.1. The number of rotatable bonds is 3. The van der Waals surface area contributed by atoms with Gasteiger partial charge in [-0.05, 0) is 31.4 Å². The second-order valence-corrected chi connectivity index (χ2v) is 6.13. The van der Waals surface area contributed by atoms with E-state index in [1.165, 1.54) is 6.42 Å². The van der Waals surface area contributed by atoms with Crippen molar-refractivity contribution < 1.29 is 9.53 Å². The van der Waals surface area contributed by atoms with Gasteiger partial charge in [0.2, 0.25) is 5.91 Å². The topological polar surface area (TPSA) is 67.6 Å². The number of amides is 1. The monoisotopic (exact) mass is 309 g/mol. The van der Waals surface area contributed by atoms with Crippen molar-refractivity contribution in [2.75, 3.05) is 30.4 Å². The highest BCUT2D eigenvalue weighted by atomic mass is 35.5. The molecule has 21 heavy (non-hydrogen) atoms. The van der Waals surface area contributed by atoms with E-state index in [-0.39, 0.29) is 12.0 Å². The molecule has 2 aliphatic heterocycles. The first-order valence-electron chi connectivity index (χ1n) is 7.29. The molecule has 1 saturated heterocycles. The summed E-state index contributed by atoms with van der Waals surface area (Å²) in [5.74, 6) is -0.184. The Balaban J connectivity index is 1.79. The van der Waals surface area contributed by atoms with Gasteiger partial charge in [-0.15, -0.1) is 0 Å². The first kappa shape index (κ1) is 14.6. The van der Waals surface area contributed by atoms with Gasteiger partial charge >= 0.3 is 0 Å². The molecule has 114 valence electrons. The molecule has 2 heterocycles. The quantitative estimate of drug-likeness (QED) is 0.899. The number of hydrogen-bond donors (Lipinski definition) is 2. The number of halogens is 1. The van der Waals surface area contributed by atoms with Crippen molar-refractivity contribution in [2.45, 2.75) is 31.4 Å². The van der Waals surface area contributed by atoms with E-state index in [4.69, 9.17) is 22.1 Å². The second kappa shape index (κ2) is 5.83. The molecule has 1 aromatic rings. The lowest BCUT2D eigenvalue weighted by Gasteiger charge is -2.29. The molecule has 1 amide bonds. The third kappa shape index (κ3) is 2.86. The van der Waals surface area contributed by atoms with Crippen LogP contribution in [-0.4, -0.2) is 32.2 Å². The molecule has 0 bridgehead atoms. The minimum Gasteiger partial charge on any atom is -0.376 e. The number of benzene rings is 1. The maximum Gasteiger partial charge on any atom is 0.245 e. The zero-order valence-corrected chi connectivity index (χ0v) is 12.8. The SMILES string of the molecule is CN(CC1CCCCO1)c1cc2c(cc1Cl)C(N)C(=O)N2. The van der Waals surface area contributed by atoms with E-state index in [0.29, 0.717) is 5.02 Å². The van der Waals surface area contributed by atoms with Crippen molar-refractivity contribution >= 4 is 28.9 Å². The largest absolute Gasteiger partial charge is 0.376 e. The molecule has 0 spiro atoms. The third-order valence-electron chi connectivity index (χ3n) is 4.16. The van der Waals surface area contributed by atoms with Gasteiger partial charge in [0.15, 0.2) is 0 Å². The van der Waals surface area contributed by atoms with Gasteiger partial charge in [-0.3, -0.25) is 4.79 Å². The van der Waals surface area contributed by atoms with E-state index >= 15 is 0 Å². The molecule has 0 aromatic heterocycles. The Labute approximate surface area is 129 Å². The van der Waals surface area contributed by atoms with Crippen molar-refractivity contribution in [3.8, 4) is 0 Å². The maximum absolute atomic E-state index is 11.6. The molecule has 6 heteroatoms. The molecule has 1 aromatic carbocycles. The van der Waals surface area contributed by atoms with Gasteiger partial charge in [0.1, 0.15) is 6.04 Å². The molecular formula is C15H20ClN3O2. The smallest absolute Gasteiger partial charge is 0.245 e. The summed E-state index contributed by atoms with van der Waals surface area (Å²) in [5.41, 5.74) is 8.23. The fourth-order valence-electron chi connectivity index (χ4n) is 2.94. The number of carbonyl (C=O) groups is 1. The Hall–Kier alpha value is -1.30. The molecule has 2 unspecified atom stereocenters. The molecular weight excluding hydrogens is 290 g/mol. The van der Waals surface area contributed by atoms with Gasteiger partial charge in [-0.1, -0.05) is 11.6 Å². The van der Waals surface area contributed by atoms with Crippen LogP contribution in [0.4, 0.5) is 11.4 Å². The van der Waals surface area contributed by atoms with Gasteiger partial charge in [0.25, 0.3) is 0 Å². The van der Waals surface area contributed by atoms with E-state index < -0.39 is 6.04 Å². The highest BCUT2D eigenvalue weighted by Gasteiger charge is 2.29.